The predicted molar refractivity (Wildman–Crippen MR) is 141 cm³/mol. The molecular formula is C30H32N4O3. The van der Waals surface area contributed by atoms with E-state index in [1.807, 2.05) is 78.9 Å². The topological polar surface area (TPSA) is 80.5 Å². The largest absolute Gasteiger partial charge is 0.462 e. The zero-order valence-electron chi connectivity index (χ0n) is 21.0. The molecule has 3 heterocycles. The molecule has 1 aliphatic heterocycles. The number of nitrogens with zero attached hydrogens (tertiary/aromatic N) is 4. The highest BCUT2D eigenvalue weighted by atomic mass is 16.5. The van der Waals surface area contributed by atoms with Crippen LogP contribution in [0, 0.1) is 5.92 Å². The Bertz CT molecular complexity index is 1260. The van der Waals surface area contributed by atoms with E-state index < -0.39 is 5.60 Å². The number of carbonyl (C=O) groups is 1. The molecule has 0 saturated carbocycles. The van der Waals surface area contributed by atoms with Gasteiger partial charge in [-0.25, -0.2) is 14.5 Å². The summed E-state index contributed by atoms with van der Waals surface area (Å²) in [7, 11) is 0. The number of rotatable bonds is 8. The molecule has 5 rings (SSSR count). The first-order valence-corrected chi connectivity index (χ1v) is 12.8. The van der Waals surface area contributed by atoms with Gasteiger partial charge in [-0.2, -0.15) is 5.10 Å². The summed E-state index contributed by atoms with van der Waals surface area (Å²) in [5.41, 5.74) is 1.98. The number of benzene rings is 2. The summed E-state index contributed by atoms with van der Waals surface area (Å²) in [6.45, 7) is 4.19. The normalized spacial score (nSPS) is 15.0. The van der Waals surface area contributed by atoms with Gasteiger partial charge in [0.15, 0.2) is 5.82 Å². The van der Waals surface area contributed by atoms with Gasteiger partial charge in [0, 0.05) is 12.7 Å². The molecule has 37 heavy (non-hydrogen) atoms. The quantitative estimate of drug-likeness (QED) is 0.360. The van der Waals surface area contributed by atoms with Crippen LogP contribution in [-0.2, 0) is 16.9 Å². The number of pyridine rings is 1. The van der Waals surface area contributed by atoms with E-state index in [1.54, 1.807) is 24.0 Å². The molecule has 0 aliphatic carbocycles. The molecule has 0 atom stereocenters. The van der Waals surface area contributed by atoms with Crippen LogP contribution < -0.4 is 0 Å². The molecule has 7 nitrogen and oxygen atoms in total. The number of hydrogen-bond donors (Lipinski definition) is 1. The van der Waals surface area contributed by atoms with E-state index in [-0.39, 0.29) is 11.9 Å². The van der Waals surface area contributed by atoms with Crippen molar-refractivity contribution in [2.45, 2.75) is 31.9 Å². The van der Waals surface area contributed by atoms with Gasteiger partial charge in [0.1, 0.15) is 11.2 Å². The van der Waals surface area contributed by atoms with Crippen molar-refractivity contribution in [3.05, 3.63) is 114 Å². The second-order valence-corrected chi connectivity index (χ2v) is 9.37. The summed E-state index contributed by atoms with van der Waals surface area (Å²) in [5, 5.41) is 16.7. The Morgan fingerprint density at radius 2 is 1.59 bits per heavy atom. The highest BCUT2D eigenvalue weighted by molar-refractivity contribution is 5.90. The molecule has 1 aliphatic rings. The SMILES string of the molecule is CCOC(=O)c1cnn(-c2ccccn2)c1CN1CCC(C(O)(c2ccccc2)c2ccccc2)CC1. The Morgan fingerprint density at radius 1 is 0.973 bits per heavy atom. The predicted octanol–water partition coefficient (Wildman–Crippen LogP) is 4.59. The van der Waals surface area contributed by atoms with Crippen LogP contribution in [0.1, 0.15) is 46.9 Å². The first-order valence-electron chi connectivity index (χ1n) is 12.8. The van der Waals surface area contributed by atoms with Crippen molar-refractivity contribution in [1.82, 2.24) is 19.7 Å². The number of likely N-dealkylation sites (tertiary alicyclic amines) is 1. The first kappa shape index (κ1) is 24.9. The Balaban J connectivity index is 1.39. The van der Waals surface area contributed by atoms with E-state index in [9.17, 15) is 9.90 Å². The van der Waals surface area contributed by atoms with Crippen molar-refractivity contribution in [2.75, 3.05) is 19.7 Å². The van der Waals surface area contributed by atoms with Crippen molar-refractivity contribution in [2.24, 2.45) is 5.92 Å². The Kier molecular flexibility index (Phi) is 7.44. The molecule has 7 heteroatoms. The van der Waals surface area contributed by atoms with E-state index in [0.29, 0.717) is 24.5 Å². The van der Waals surface area contributed by atoms with Crippen LogP contribution in [-0.4, -0.2) is 50.4 Å². The van der Waals surface area contributed by atoms with Crippen LogP contribution in [0.5, 0.6) is 0 Å². The van der Waals surface area contributed by atoms with Gasteiger partial charge in [-0.05, 0) is 62.0 Å². The van der Waals surface area contributed by atoms with E-state index in [4.69, 9.17) is 4.74 Å². The number of esters is 1. The Hall–Kier alpha value is -3.81. The minimum Gasteiger partial charge on any atom is -0.462 e. The second kappa shape index (κ2) is 11.1. The third kappa shape index (κ3) is 5.05. The summed E-state index contributed by atoms with van der Waals surface area (Å²) in [6.07, 6.45) is 4.90. The number of aromatic nitrogens is 3. The molecule has 2 aromatic heterocycles. The molecule has 0 spiro atoms. The average molecular weight is 497 g/mol. The number of ether oxygens (including phenoxy) is 1. The summed E-state index contributed by atoms with van der Waals surface area (Å²) in [6, 6.07) is 25.5. The van der Waals surface area contributed by atoms with Gasteiger partial charge < -0.3 is 9.84 Å². The number of aliphatic hydroxyl groups is 1. The van der Waals surface area contributed by atoms with Crippen LogP contribution in [0.25, 0.3) is 5.82 Å². The molecule has 2 aromatic carbocycles. The summed E-state index contributed by atoms with van der Waals surface area (Å²) >= 11 is 0. The monoisotopic (exact) mass is 496 g/mol. The maximum absolute atomic E-state index is 12.7. The minimum absolute atomic E-state index is 0.0544. The standard InChI is InChI=1S/C30H32N4O3/c1-2-37-29(35)26-21-32-34(28-15-9-10-18-31-28)27(26)22-33-19-16-25(17-20-33)30(36,23-11-5-3-6-12-23)24-13-7-4-8-14-24/h3-15,18,21,25,36H,2,16-17,19-20,22H2,1H3. The molecule has 1 N–H and O–H groups in total. The zero-order valence-corrected chi connectivity index (χ0v) is 21.0. The summed E-state index contributed by atoms with van der Waals surface area (Å²) in [5.74, 6) is 0.335. The van der Waals surface area contributed by atoms with Gasteiger partial charge in [0.2, 0.25) is 0 Å². The molecule has 0 radical (unpaired) electrons. The van der Waals surface area contributed by atoms with Gasteiger partial charge in [-0.1, -0.05) is 66.7 Å². The second-order valence-electron chi connectivity index (χ2n) is 9.37. The lowest BCUT2D eigenvalue weighted by Crippen LogP contribution is -2.44. The van der Waals surface area contributed by atoms with Crippen LogP contribution in [0.2, 0.25) is 0 Å². The smallest absolute Gasteiger partial charge is 0.341 e. The molecular weight excluding hydrogens is 464 g/mol. The lowest BCUT2D eigenvalue weighted by Gasteiger charge is -2.42. The fourth-order valence-corrected chi connectivity index (χ4v) is 5.32. The molecule has 0 amide bonds. The number of carbonyl (C=O) groups excluding carboxylic acids is 1. The lowest BCUT2D eigenvalue weighted by atomic mass is 9.72. The highest BCUT2D eigenvalue weighted by Crippen LogP contribution is 2.42. The molecule has 1 fully saturated rings. The van der Waals surface area contributed by atoms with Gasteiger partial charge >= 0.3 is 5.97 Å². The van der Waals surface area contributed by atoms with Crippen molar-refractivity contribution in [3.8, 4) is 5.82 Å². The molecule has 0 unspecified atom stereocenters. The van der Waals surface area contributed by atoms with Gasteiger partial charge in [0.05, 0.1) is 18.5 Å². The van der Waals surface area contributed by atoms with Gasteiger partial charge in [-0.3, -0.25) is 4.90 Å². The maximum atomic E-state index is 12.7. The van der Waals surface area contributed by atoms with Crippen molar-refractivity contribution in [3.63, 3.8) is 0 Å². The van der Waals surface area contributed by atoms with Crippen molar-refractivity contribution < 1.29 is 14.6 Å². The summed E-state index contributed by atoms with van der Waals surface area (Å²) in [4.78, 5) is 19.4. The zero-order chi connectivity index (χ0) is 25.7. The highest BCUT2D eigenvalue weighted by Gasteiger charge is 2.41. The van der Waals surface area contributed by atoms with Crippen LogP contribution >= 0.6 is 0 Å². The molecule has 190 valence electrons. The third-order valence-corrected chi connectivity index (χ3v) is 7.21. The lowest BCUT2D eigenvalue weighted by molar-refractivity contribution is -0.0155. The van der Waals surface area contributed by atoms with E-state index in [0.717, 1.165) is 42.8 Å². The van der Waals surface area contributed by atoms with Crippen LogP contribution in [0.15, 0.2) is 91.3 Å². The maximum Gasteiger partial charge on any atom is 0.341 e. The third-order valence-electron chi connectivity index (χ3n) is 7.21. The molecule has 1 saturated heterocycles. The van der Waals surface area contributed by atoms with Gasteiger partial charge in [0.25, 0.3) is 0 Å². The van der Waals surface area contributed by atoms with Crippen molar-refractivity contribution >= 4 is 5.97 Å². The molecule has 0 bridgehead atoms. The number of hydrogen-bond acceptors (Lipinski definition) is 6. The first-order chi connectivity index (χ1) is 18.1. The Labute approximate surface area is 217 Å². The summed E-state index contributed by atoms with van der Waals surface area (Å²) < 4.78 is 7.03. The van der Waals surface area contributed by atoms with Gasteiger partial charge in [-0.15, -0.1) is 0 Å². The fraction of sp³-hybridized carbons (Fsp3) is 0.300. The van der Waals surface area contributed by atoms with Crippen LogP contribution in [0.4, 0.5) is 0 Å². The van der Waals surface area contributed by atoms with E-state index in [2.05, 4.69) is 15.0 Å². The van der Waals surface area contributed by atoms with E-state index in [1.165, 1.54) is 0 Å². The van der Waals surface area contributed by atoms with Crippen LogP contribution in [0.3, 0.4) is 0 Å². The minimum atomic E-state index is -1.07. The fourth-order valence-electron chi connectivity index (χ4n) is 5.32. The van der Waals surface area contributed by atoms with E-state index >= 15 is 0 Å². The molecule has 4 aromatic rings. The number of piperidine rings is 1. The van der Waals surface area contributed by atoms with Crippen molar-refractivity contribution in [1.29, 1.82) is 0 Å². The Morgan fingerprint density at radius 3 is 2.16 bits per heavy atom. The average Bonchev–Trinajstić information content (AvgIpc) is 3.38.